The van der Waals surface area contributed by atoms with Gasteiger partial charge in [-0.15, -0.1) is 22.7 Å². The van der Waals surface area contributed by atoms with Gasteiger partial charge in [-0.05, 0) is 61.8 Å². The van der Waals surface area contributed by atoms with Crippen molar-refractivity contribution in [1.29, 1.82) is 0 Å². The van der Waals surface area contributed by atoms with Crippen LogP contribution in [-0.2, 0) is 4.74 Å². The molecule has 1 aromatic carbocycles. The van der Waals surface area contributed by atoms with Crippen molar-refractivity contribution < 1.29 is 18.7 Å². The van der Waals surface area contributed by atoms with Crippen LogP contribution >= 0.6 is 34.9 Å². The third kappa shape index (κ3) is 4.87. The summed E-state index contributed by atoms with van der Waals surface area (Å²) in [7, 11) is 0. The molecule has 0 saturated heterocycles. The van der Waals surface area contributed by atoms with E-state index in [1.54, 1.807) is 6.92 Å². The fraction of sp³-hybridized carbons (Fsp3) is 0.150. The molecule has 2 heterocycles. The summed E-state index contributed by atoms with van der Waals surface area (Å²) < 4.78 is 18.3. The van der Waals surface area contributed by atoms with Crippen molar-refractivity contribution in [3.05, 3.63) is 63.6 Å². The first-order valence-electron chi connectivity index (χ1n) is 8.63. The van der Waals surface area contributed by atoms with Crippen LogP contribution < -0.4 is 10.6 Å². The second-order valence-corrected chi connectivity index (χ2v) is 8.43. The molecule has 0 aliphatic heterocycles. The van der Waals surface area contributed by atoms with Crippen LogP contribution in [0.4, 0.5) is 9.39 Å². The number of halogens is 1. The summed E-state index contributed by atoms with van der Waals surface area (Å²) in [5.41, 5.74) is 1.44. The number of ether oxygens (including phenoxy) is 1. The molecular formula is C20H17FN2O3S3. The second-order valence-electron chi connectivity index (χ2n) is 5.85. The summed E-state index contributed by atoms with van der Waals surface area (Å²) in [6.45, 7) is 3.89. The SMILES string of the molecule is CCOC(=O)c1c(NC(=S)NC(=O)c2ccc(F)cc2)sc(C)c1-c1cccs1. The topological polar surface area (TPSA) is 67.4 Å². The standard InChI is InChI=1S/C20H17FN2O3S3/c1-3-26-19(25)16-15(14-5-4-10-28-14)11(2)29-18(16)23-20(27)22-17(24)12-6-8-13(21)9-7-12/h4-10H,3H2,1-2H3,(H2,22,23,24,27). The number of thiocarbonyl (C=S) groups is 1. The highest BCUT2D eigenvalue weighted by molar-refractivity contribution is 7.80. The molecule has 3 aromatic rings. The lowest BCUT2D eigenvalue weighted by molar-refractivity contribution is 0.0529. The molecule has 150 valence electrons. The van der Waals surface area contributed by atoms with Crippen LogP contribution in [0.15, 0.2) is 41.8 Å². The maximum absolute atomic E-state index is 13.0. The minimum absolute atomic E-state index is 0.0313. The van der Waals surface area contributed by atoms with Crippen molar-refractivity contribution in [1.82, 2.24) is 5.32 Å². The van der Waals surface area contributed by atoms with Crippen LogP contribution in [0.2, 0.25) is 0 Å². The summed E-state index contributed by atoms with van der Waals surface area (Å²) in [6.07, 6.45) is 0. The Hall–Kier alpha value is -2.62. The fourth-order valence-corrected chi connectivity index (χ4v) is 4.88. The molecule has 0 aliphatic rings. The van der Waals surface area contributed by atoms with E-state index in [1.165, 1.54) is 46.9 Å². The van der Waals surface area contributed by atoms with Gasteiger partial charge >= 0.3 is 5.97 Å². The number of rotatable bonds is 5. The lowest BCUT2D eigenvalue weighted by Gasteiger charge is -2.11. The molecule has 2 N–H and O–H groups in total. The maximum atomic E-state index is 13.0. The molecule has 0 bridgehead atoms. The second kappa shape index (κ2) is 9.25. The predicted molar refractivity (Wildman–Crippen MR) is 118 cm³/mol. The van der Waals surface area contributed by atoms with Gasteiger partial charge in [-0.2, -0.15) is 0 Å². The van der Waals surface area contributed by atoms with Gasteiger partial charge in [-0.3, -0.25) is 10.1 Å². The summed E-state index contributed by atoms with van der Waals surface area (Å²) in [5.74, 6) is -1.38. The highest BCUT2D eigenvalue weighted by atomic mass is 32.1. The zero-order valence-electron chi connectivity index (χ0n) is 15.6. The van der Waals surface area contributed by atoms with Gasteiger partial charge in [0.05, 0.1) is 6.61 Å². The predicted octanol–water partition coefficient (Wildman–Crippen LogP) is 5.23. The van der Waals surface area contributed by atoms with E-state index in [4.69, 9.17) is 17.0 Å². The highest BCUT2D eigenvalue weighted by Gasteiger charge is 2.25. The van der Waals surface area contributed by atoms with Gasteiger partial charge in [0.15, 0.2) is 5.11 Å². The molecule has 0 spiro atoms. The lowest BCUT2D eigenvalue weighted by Crippen LogP contribution is -2.34. The first kappa shape index (κ1) is 21.1. The number of carbonyl (C=O) groups is 2. The third-order valence-electron chi connectivity index (χ3n) is 3.89. The molecule has 0 aliphatic carbocycles. The maximum Gasteiger partial charge on any atom is 0.341 e. The zero-order valence-corrected chi connectivity index (χ0v) is 18.0. The number of anilines is 1. The monoisotopic (exact) mass is 448 g/mol. The van der Waals surface area contributed by atoms with E-state index in [0.29, 0.717) is 10.6 Å². The Bertz CT molecular complexity index is 1040. The number of aryl methyl sites for hydroxylation is 1. The summed E-state index contributed by atoms with van der Waals surface area (Å²) in [6, 6.07) is 8.96. The Morgan fingerprint density at radius 2 is 1.93 bits per heavy atom. The number of thiophene rings is 2. The van der Waals surface area contributed by atoms with Gasteiger partial charge in [0.2, 0.25) is 0 Å². The molecule has 0 atom stereocenters. The van der Waals surface area contributed by atoms with Gasteiger partial charge in [0.25, 0.3) is 5.91 Å². The van der Waals surface area contributed by atoms with Gasteiger partial charge in [-0.25, -0.2) is 9.18 Å². The van der Waals surface area contributed by atoms with Gasteiger partial charge in [0, 0.05) is 20.9 Å². The molecule has 5 nitrogen and oxygen atoms in total. The van der Waals surface area contributed by atoms with Crippen molar-refractivity contribution in [2.24, 2.45) is 0 Å². The molecule has 0 unspecified atom stereocenters. The zero-order chi connectivity index (χ0) is 21.0. The van der Waals surface area contributed by atoms with E-state index < -0.39 is 17.7 Å². The van der Waals surface area contributed by atoms with Gasteiger partial charge in [0.1, 0.15) is 16.4 Å². The molecule has 2 aromatic heterocycles. The molecule has 0 fully saturated rings. The smallest absolute Gasteiger partial charge is 0.341 e. The number of nitrogens with one attached hydrogen (secondary N) is 2. The van der Waals surface area contributed by atoms with Crippen LogP contribution in [0, 0.1) is 12.7 Å². The van der Waals surface area contributed by atoms with Crippen LogP contribution in [0.25, 0.3) is 10.4 Å². The van der Waals surface area contributed by atoms with Crippen molar-refractivity contribution in [3.63, 3.8) is 0 Å². The van der Waals surface area contributed by atoms with E-state index in [1.807, 2.05) is 24.4 Å². The minimum atomic E-state index is -0.480. The quantitative estimate of drug-likeness (QED) is 0.413. The molecule has 0 saturated carbocycles. The van der Waals surface area contributed by atoms with E-state index in [-0.39, 0.29) is 17.3 Å². The lowest BCUT2D eigenvalue weighted by atomic mass is 10.1. The summed E-state index contributed by atoms with van der Waals surface area (Å²) in [5, 5.41) is 7.93. The number of esters is 1. The molecule has 1 amide bonds. The van der Waals surface area contributed by atoms with Crippen LogP contribution in [0.1, 0.15) is 32.5 Å². The van der Waals surface area contributed by atoms with E-state index in [2.05, 4.69) is 10.6 Å². The molecule has 3 rings (SSSR count). The Kier molecular flexibility index (Phi) is 6.73. The molecule has 9 heteroatoms. The van der Waals surface area contributed by atoms with Crippen LogP contribution in [-0.4, -0.2) is 23.6 Å². The molecule has 0 radical (unpaired) electrons. The van der Waals surface area contributed by atoms with Crippen LogP contribution in [0.3, 0.4) is 0 Å². The Balaban J connectivity index is 1.85. The Morgan fingerprint density at radius 1 is 1.21 bits per heavy atom. The average molecular weight is 449 g/mol. The Labute approximate surface area is 180 Å². The number of hydrogen-bond acceptors (Lipinski definition) is 6. The first-order chi connectivity index (χ1) is 13.9. The normalized spacial score (nSPS) is 10.4. The average Bonchev–Trinajstić information content (AvgIpc) is 3.29. The van der Waals surface area contributed by atoms with Gasteiger partial charge in [-0.1, -0.05) is 6.07 Å². The number of benzene rings is 1. The van der Waals surface area contributed by atoms with E-state index in [9.17, 15) is 14.0 Å². The van der Waals surface area contributed by atoms with Crippen molar-refractivity contribution >= 4 is 56.9 Å². The van der Waals surface area contributed by atoms with E-state index >= 15 is 0 Å². The molecular weight excluding hydrogens is 431 g/mol. The minimum Gasteiger partial charge on any atom is -0.462 e. The van der Waals surface area contributed by atoms with Crippen LogP contribution in [0.5, 0.6) is 0 Å². The van der Waals surface area contributed by atoms with Crippen molar-refractivity contribution in [2.75, 3.05) is 11.9 Å². The van der Waals surface area contributed by atoms with Crippen molar-refractivity contribution in [3.8, 4) is 10.4 Å². The summed E-state index contributed by atoms with van der Waals surface area (Å²) in [4.78, 5) is 26.8. The van der Waals surface area contributed by atoms with E-state index in [0.717, 1.165) is 15.3 Å². The molecule has 29 heavy (non-hydrogen) atoms. The number of carbonyl (C=O) groups excluding carboxylic acids is 2. The number of amides is 1. The fourth-order valence-electron chi connectivity index (χ4n) is 2.66. The highest BCUT2D eigenvalue weighted by Crippen LogP contribution is 2.42. The van der Waals surface area contributed by atoms with Gasteiger partial charge < -0.3 is 10.1 Å². The summed E-state index contributed by atoms with van der Waals surface area (Å²) >= 11 is 8.11. The first-order valence-corrected chi connectivity index (χ1v) is 10.7. The number of hydrogen-bond donors (Lipinski definition) is 2. The third-order valence-corrected chi connectivity index (χ3v) is 6.00. The Morgan fingerprint density at radius 3 is 2.55 bits per heavy atom. The van der Waals surface area contributed by atoms with Crippen molar-refractivity contribution in [2.45, 2.75) is 13.8 Å². The largest absolute Gasteiger partial charge is 0.462 e.